The van der Waals surface area contributed by atoms with Gasteiger partial charge >= 0.3 is 0 Å². The number of anilines is 1. The molecular weight excluding hydrogens is 354 g/mol. The largest absolute Gasteiger partial charge is 0.369 e. The molecule has 1 unspecified atom stereocenters. The normalized spacial score (nSPS) is 17.0. The van der Waals surface area contributed by atoms with Gasteiger partial charge in [-0.3, -0.25) is 9.89 Å². The fraction of sp³-hybridized carbons (Fsp3) is 0.667. The number of hydrogen-bond acceptors (Lipinski definition) is 4. The minimum absolute atomic E-state index is 0.467. The molecule has 1 atom stereocenters. The number of nitrogens with zero attached hydrogens (tertiary/aromatic N) is 3. The molecule has 1 aromatic rings. The molecule has 0 aromatic heterocycles. The lowest BCUT2D eigenvalue weighted by atomic mass is 10.2. The number of aliphatic imine (C=N–C) groups is 1. The molecule has 0 amide bonds. The van der Waals surface area contributed by atoms with Crippen molar-refractivity contribution in [1.82, 2.24) is 15.5 Å². The number of guanidine groups is 1. The van der Waals surface area contributed by atoms with E-state index < -0.39 is 0 Å². The Bertz CT molecular complexity index is 529. The molecule has 6 heteroatoms. The van der Waals surface area contributed by atoms with E-state index >= 15 is 0 Å². The van der Waals surface area contributed by atoms with Crippen molar-refractivity contribution in [1.29, 1.82) is 0 Å². The number of unbranched alkanes of at least 4 members (excludes halogenated alkanes) is 1. The minimum atomic E-state index is 0.467. The van der Waals surface area contributed by atoms with Gasteiger partial charge in [-0.05, 0) is 50.8 Å². The summed E-state index contributed by atoms with van der Waals surface area (Å²) in [5.74, 6) is 2.19. The minimum Gasteiger partial charge on any atom is -0.369 e. The second-order valence-electron chi connectivity index (χ2n) is 7.05. The average Bonchev–Trinajstić information content (AvgIpc) is 2.72. The van der Waals surface area contributed by atoms with E-state index in [2.05, 4.69) is 70.9 Å². The molecule has 1 heterocycles. The van der Waals surface area contributed by atoms with Crippen LogP contribution in [0.15, 0.2) is 35.3 Å². The molecule has 2 rings (SSSR count). The van der Waals surface area contributed by atoms with Gasteiger partial charge in [0.05, 0.1) is 6.54 Å². The summed E-state index contributed by atoms with van der Waals surface area (Å²) in [6, 6.07) is 11.2. The zero-order valence-electron chi connectivity index (χ0n) is 17.3. The molecule has 0 saturated carbocycles. The standard InChI is InChI=1S/C21H37N5S/c1-4-22-21(23-12-8-9-17-27-3)24-18-19(2)25-13-15-26(16-14-25)20-10-6-5-7-11-20/h5-7,10-11,19H,4,8-9,12-18H2,1-3H3,(H2,22,23,24). The maximum atomic E-state index is 4.82. The Morgan fingerprint density at radius 1 is 1.11 bits per heavy atom. The Kier molecular flexibility index (Phi) is 10.5. The van der Waals surface area contributed by atoms with Crippen molar-refractivity contribution in [2.45, 2.75) is 32.7 Å². The van der Waals surface area contributed by atoms with Gasteiger partial charge in [-0.1, -0.05) is 18.2 Å². The van der Waals surface area contributed by atoms with Crippen molar-refractivity contribution < 1.29 is 0 Å². The van der Waals surface area contributed by atoms with Crippen molar-refractivity contribution >= 4 is 23.4 Å². The lowest BCUT2D eigenvalue weighted by Crippen LogP contribution is -2.50. The van der Waals surface area contributed by atoms with Crippen LogP contribution in [0.1, 0.15) is 26.7 Å². The maximum Gasteiger partial charge on any atom is 0.191 e. The molecule has 0 spiro atoms. The first-order valence-corrected chi connectivity index (χ1v) is 11.7. The van der Waals surface area contributed by atoms with Gasteiger partial charge in [0, 0.05) is 51.0 Å². The Labute approximate surface area is 170 Å². The summed E-state index contributed by atoms with van der Waals surface area (Å²) in [4.78, 5) is 9.86. The van der Waals surface area contributed by atoms with Crippen LogP contribution in [0.5, 0.6) is 0 Å². The second kappa shape index (κ2) is 12.9. The Balaban J connectivity index is 1.74. The van der Waals surface area contributed by atoms with E-state index in [4.69, 9.17) is 4.99 Å². The smallest absolute Gasteiger partial charge is 0.191 e. The molecule has 1 aliphatic rings. The number of rotatable bonds is 10. The number of benzene rings is 1. The van der Waals surface area contributed by atoms with Crippen LogP contribution in [0.2, 0.25) is 0 Å². The monoisotopic (exact) mass is 391 g/mol. The molecule has 1 fully saturated rings. The van der Waals surface area contributed by atoms with Crippen molar-refractivity contribution in [2.24, 2.45) is 4.99 Å². The molecule has 0 radical (unpaired) electrons. The summed E-state index contributed by atoms with van der Waals surface area (Å²) in [6.07, 6.45) is 4.62. The highest BCUT2D eigenvalue weighted by molar-refractivity contribution is 7.98. The van der Waals surface area contributed by atoms with Gasteiger partial charge in [0.15, 0.2) is 5.96 Å². The zero-order chi connectivity index (χ0) is 19.3. The predicted molar refractivity (Wildman–Crippen MR) is 121 cm³/mol. The highest BCUT2D eigenvalue weighted by atomic mass is 32.2. The van der Waals surface area contributed by atoms with Gasteiger partial charge in [-0.25, -0.2) is 0 Å². The molecule has 1 saturated heterocycles. The number of para-hydroxylation sites is 1. The predicted octanol–water partition coefficient (Wildman–Crippen LogP) is 2.90. The van der Waals surface area contributed by atoms with E-state index in [9.17, 15) is 0 Å². The maximum absolute atomic E-state index is 4.82. The van der Waals surface area contributed by atoms with Crippen LogP contribution >= 0.6 is 11.8 Å². The quantitative estimate of drug-likeness (QED) is 0.365. The van der Waals surface area contributed by atoms with E-state index in [-0.39, 0.29) is 0 Å². The van der Waals surface area contributed by atoms with Gasteiger partial charge in [0.25, 0.3) is 0 Å². The fourth-order valence-electron chi connectivity index (χ4n) is 3.32. The first kappa shape index (κ1) is 21.9. The van der Waals surface area contributed by atoms with Crippen LogP contribution < -0.4 is 15.5 Å². The molecule has 0 bridgehead atoms. The van der Waals surface area contributed by atoms with Crippen LogP contribution in [0.25, 0.3) is 0 Å². The number of hydrogen-bond donors (Lipinski definition) is 2. The molecule has 0 aliphatic carbocycles. The number of thioether (sulfide) groups is 1. The SMILES string of the molecule is CCNC(=NCC(C)N1CCN(c2ccccc2)CC1)NCCCCSC. The second-order valence-corrected chi connectivity index (χ2v) is 8.04. The molecule has 1 aliphatic heterocycles. The van der Waals surface area contributed by atoms with Gasteiger partial charge in [0.2, 0.25) is 0 Å². The van der Waals surface area contributed by atoms with E-state index in [0.717, 1.165) is 51.8 Å². The van der Waals surface area contributed by atoms with Crippen molar-refractivity contribution in [3.05, 3.63) is 30.3 Å². The zero-order valence-corrected chi connectivity index (χ0v) is 18.1. The molecule has 5 nitrogen and oxygen atoms in total. The van der Waals surface area contributed by atoms with E-state index in [1.807, 2.05) is 11.8 Å². The Morgan fingerprint density at radius 3 is 2.52 bits per heavy atom. The third kappa shape index (κ3) is 8.01. The van der Waals surface area contributed by atoms with Gasteiger partial charge in [-0.2, -0.15) is 11.8 Å². The average molecular weight is 392 g/mol. The highest BCUT2D eigenvalue weighted by Gasteiger charge is 2.21. The third-order valence-electron chi connectivity index (χ3n) is 4.98. The summed E-state index contributed by atoms with van der Waals surface area (Å²) in [5.41, 5.74) is 1.34. The Morgan fingerprint density at radius 2 is 1.85 bits per heavy atom. The molecular formula is C21H37N5S. The van der Waals surface area contributed by atoms with Crippen LogP contribution in [0.3, 0.4) is 0 Å². The first-order chi connectivity index (χ1) is 13.2. The molecule has 2 N–H and O–H groups in total. The lowest BCUT2D eigenvalue weighted by Gasteiger charge is -2.38. The van der Waals surface area contributed by atoms with Gasteiger partial charge < -0.3 is 15.5 Å². The van der Waals surface area contributed by atoms with Crippen LogP contribution in [0, 0.1) is 0 Å². The summed E-state index contributed by atoms with van der Waals surface area (Å²) in [5, 5.41) is 6.84. The van der Waals surface area contributed by atoms with Gasteiger partial charge in [0.1, 0.15) is 0 Å². The topological polar surface area (TPSA) is 42.9 Å². The third-order valence-corrected chi connectivity index (χ3v) is 5.68. The first-order valence-electron chi connectivity index (χ1n) is 10.3. The highest BCUT2D eigenvalue weighted by Crippen LogP contribution is 2.16. The van der Waals surface area contributed by atoms with Crippen LogP contribution in [-0.2, 0) is 0 Å². The van der Waals surface area contributed by atoms with Crippen LogP contribution in [0.4, 0.5) is 5.69 Å². The summed E-state index contributed by atoms with van der Waals surface area (Å²) in [7, 11) is 0. The van der Waals surface area contributed by atoms with Crippen molar-refractivity contribution in [3.63, 3.8) is 0 Å². The Hall–Kier alpha value is -1.40. The molecule has 152 valence electrons. The summed E-state index contributed by atoms with van der Waals surface area (Å²) >= 11 is 1.92. The van der Waals surface area contributed by atoms with E-state index in [0.29, 0.717) is 6.04 Å². The molecule has 1 aromatic carbocycles. The van der Waals surface area contributed by atoms with E-state index in [1.54, 1.807) is 0 Å². The lowest BCUT2D eigenvalue weighted by molar-refractivity contribution is 0.201. The number of piperazine rings is 1. The van der Waals surface area contributed by atoms with Gasteiger partial charge in [-0.15, -0.1) is 0 Å². The number of nitrogens with one attached hydrogen (secondary N) is 2. The van der Waals surface area contributed by atoms with Crippen molar-refractivity contribution in [2.75, 3.05) is 62.7 Å². The fourth-order valence-corrected chi connectivity index (χ4v) is 3.81. The summed E-state index contributed by atoms with van der Waals surface area (Å²) in [6.45, 7) is 11.5. The van der Waals surface area contributed by atoms with E-state index in [1.165, 1.54) is 24.3 Å². The molecule has 27 heavy (non-hydrogen) atoms. The summed E-state index contributed by atoms with van der Waals surface area (Å²) < 4.78 is 0. The van der Waals surface area contributed by atoms with Crippen molar-refractivity contribution in [3.8, 4) is 0 Å². The van der Waals surface area contributed by atoms with Crippen LogP contribution in [-0.4, -0.2) is 74.7 Å².